The number of carbonyl (C=O) groups is 1. The Morgan fingerprint density at radius 1 is 1.15 bits per heavy atom. The monoisotopic (exact) mass is 376 g/mol. The Hall–Kier alpha value is -2.38. The molecule has 0 atom stereocenters. The zero-order chi connectivity index (χ0) is 19.3. The molecule has 26 heavy (non-hydrogen) atoms. The Morgan fingerprint density at radius 3 is 2.38 bits per heavy atom. The van der Waals surface area contributed by atoms with E-state index in [2.05, 4.69) is 19.2 Å². The highest BCUT2D eigenvalue weighted by Crippen LogP contribution is 2.27. The maximum Gasteiger partial charge on any atom is 0.258 e. The van der Waals surface area contributed by atoms with E-state index in [-0.39, 0.29) is 24.0 Å². The first kappa shape index (κ1) is 19.9. The zero-order valence-electron chi connectivity index (χ0n) is 15.2. The number of rotatable bonds is 7. The van der Waals surface area contributed by atoms with Crippen LogP contribution in [0.3, 0.4) is 0 Å². The van der Waals surface area contributed by atoms with Gasteiger partial charge in [-0.1, -0.05) is 38.1 Å². The summed E-state index contributed by atoms with van der Waals surface area (Å²) in [5.41, 5.74) is 2.89. The summed E-state index contributed by atoms with van der Waals surface area (Å²) < 4.78 is 28.1. The van der Waals surface area contributed by atoms with Crippen LogP contribution < -0.4 is 15.2 Å². The standard InChI is InChI=1S/C19H24N2O4S/c1-13(2)17-9-4-14(3)10-18(17)25-12-19(22)21-11-15-5-7-16(8-6-15)26(20,23)24/h4-10,13H,11-12H2,1-3H3,(H,21,22)(H2,20,23,24). The number of ether oxygens (including phenoxy) is 1. The van der Waals surface area contributed by atoms with Gasteiger partial charge in [0.25, 0.3) is 5.91 Å². The number of hydrogen-bond donors (Lipinski definition) is 2. The van der Waals surface area contributed by atoms with Crippen LogP contribution in [0.2, 0.25) is 0 Å². The van der Waals surface area contributed by atoms with Gasteiger partial charge in [-0.15, -0.1) is 0 Å². The minimum atomic E-state index is -3.71. The van der Waals surface area contributed by atoms with Crippen LogP contribution in [-0.2, 0) is 21.4 Å². The second kappa shape index (κ2) is 8.33. The zero-order valence-corrected chi connectivity index (χ0v) is 16.0. The fraction of sp³-hybridized carbons (Fsp3) is 0.316. The first-order valence-corrected chi connectivity index (χ1v) is 9.83. The van der Waals surface area contributed by atoms with Crippen molar-refractivity contribution in [1.29, 1.82) is 0 Å². The molecule has 6 nitrogen and oxygen atoms in total. The second-order valence-corrected chi connectivity index (χ2v) is 8.01. The van der Waals surface area contributed by atoms with Crippen LogP contribution in [0.25, 0.3) is 0 Å². The van der Waals surface area contributed by atoms with Gasteiger partial charge in [-0.05, 0) is 47.7 Å². The van der Waals surface area contributed by atoms with Gasteiger partial charge in [0.1, 0.15) is 5.75 Å². The van der Waals surface area contributed by atoms with E-state index in [1.165, 1.54) is 12.1 Å². The summed E-state index contributed by atoms with van der Waals surface area (Å²) in [6.07, 6.45) is 0. The van der Waals surface area contributed by atoms with Gasteiger partial charge in [0.15, 0.2) is 6.61 Å². The molecule has 2 aromatic rings. The highest BCUT2D eigenvalue weighted by molar-refractivity contribution is 7.89. The van der Waals surface area contributed by atoms with Gasteiger partial charge in [-0.3, -0.25) is 4.79 Å². The smallest absolute Gasteiger partial charge is 0.258 e. The van der Waals surface area contributed by atoms with Crippen LogP contribution in [0, 0.1) is 6.92 Å². The molecule has 0 heterocycles. The molecule has 0 aromatic heterocycles. The third-order valence-corrected chi connectivity index (χ3v) is 4.82. The molecule has 2 aromatic carbocycles. The predicted octanol–water partition coefficient (Wildman–Crippen LogP) is 2.46. The molecule has 0 unspecified atom stereocenters. The van der Waals surface area contributed by atoms with Gasteiger partial charge >= 0.3 is 0 Å². The Labute approximate surface area is 154 Å². The van der Waals surface area contributed by atoms with Crippen molar-refractivity contribution >= 4 is 15.9 Å². The van der Waals surface area contributed by atoms with Crippen LogP contribution in [0.5, 0.6) is 5.75 Å². The van der Waals surface area contributed by atoms with Crippen LogP contribution in [0.15, 0.2) is 47.4 Å². The molecule has 1 amide bonds. The van der Waals surface area contributed by atoms with Gasteiger partial charge in [0.05, 0.1) is 4.90 Å². The minimum absolute atomic E-state index is 0.0385. The first-order valence-electron chi connectivity index (χ1n) is 8.28. The van der Waals surface area contributed by atoms with E-state index in [4.69, 9.17) is 9.88 Å². The van der Waals surface area contributed by atoms with Gasteiger partial charge in [-0.2, -0.15) is 0 Å². The maximum atomic E-state index is 12.0. The third-order valence-electron chi connectivity index (χ3n) is 3.89. The molecule has 7 heteroatoms. The summed E-state index contributed by atoms with van der Waals surface area (Å²) in [4.78, 5) is 12.1. The molecule has 0 radical (unpaired) electrons. The number of nitrogens with two attached hydrogens (primary N) is 1. The second-order valence-electron chi connectivity index (χ2n) is 6.45. The lowest BCUT2D eigenvalue weighted by atomic mass is 10.0. The Bertz CT molecular complexity index is 875. The van der Waals surface area contributed by atoms with Crippen molar-refractivity contribution in [2.75, 3.05) is 6.61 Å². The van der Waals surface area contributed by atoms with E-state index in [0.717, 1.165) is 16.7 Å². The van der Waals surface area contributed by atoms with Gasteiger partial charge in [-0.25, -0.2) is 13.6 Å². The number of aryl methyl sites for hydroxylation is 1. The highest BCUT2D eigenvalue weighted by atomic mass is 32.2. The summed E-state index contributed by atoms with van der Waals surface area (Å²) in [5.74, 6) is 0.760. The molecule has 0 aliphatic rings. The summed E-state index contributed by atoms with van der Waals surface area (Å²) in [7, 11) is -3.71. The first-order chi connectivity index (χ1) is 12.2. The number of sulfonamides is 1. The molecule has 140 valence electrons. The molecule has 0 aliphatic heterocycles. The van der Waals surface area contributed by atoms with Gasteiger partial charge in [0.2, 0.25) is 10.0 Å². The van der Waals surface area contributed by atoms with Crippen LogP contribution in [0.4, 0.5) is 0 Å². The molecule has 0 spiro atoms. The highest BCUT2D eigenvalue weighted by Gasteiger charge is 2.11. The fourth-order valence-electron chi connectivity index (χ4n) is 2.44. The molecular formula is C19H24N2O4S. The summed E-state index contributed by atoms with van der Waals surface area (Å²) >= 11 is 0. The summed E-state index contributed by atoms with van der Waals surface area (Å²) in [5, 5.41) is 7.80. The largest absolute Gasteiger partial charge is 0.483 e. The van der Waals surface area contributed by atoms with Crippen molar-refractivity contribution in [2.45, 2.75) is 38.1 Å². The molecule has 0 saturated carbocycles. The van der Waals surface area contributed by atoms with Gasteiger partial charge < -0.3 is 10.1 Å². The van der Waals surface area contributed by atoms with Crippen molar-refractivity contribution in [1.82, 2.24) is 5.32 Å². The number of carbonyl (C=O) groups excluding carboxylic acids is 1. The number of amides is 1. The SMILES string of the molecule is Cc1ccc(C(C)C)c(OCC(=O)NCc2ccc(S(N)(=O)=O)cc2)c1. The summed E-state index contributed by atoms with van der Waals surface area (Å²) in [6.45, 7) is 6.31. The molecule has 0 bridgehead atoms. The molecule has 0 saturated heterocycles. The van der Waals surface area contributed by atoms with Gasteiger partial charge in [0, 0.05) is 6.54 Å². The van der Waals surface area contributed by atoms with E-state index in [9.17, 15) is 13.2 Å². The number of benzene rings is 2. The van der Waals surface area contributed by atoms with Crippen molar-refractivity contribution in [2.24, 2.45) is 5.14 Å². The van der Waals surface area contributed by atoms with E-state index in [1.54, 1.807) is 12.1 Å². The maximum absolute atomic E-state index is 12.0. The van der Waals surface area contributed by atoms with Crippen LogP contribution >= 0.6 is 0 Å². The van der Waals surface area contributed by atoms with E-state index >= 15 is 0 Å². The van der Waals surface area contributed by atoms with Crippen LogP contribution in [0.1, 0.15) is 36.5 Å². The minimum Gasteiger partial charge on any atom is -0.483 e. The number of nitrogens with one attached hydrogen (secondary N) is 1. The van der Waals surface area contributed by atoms with Crippen molar-refractivity contribution in [3.05, 3.63) is 59.2 Å². The molecule has 2 rings (SSSR count). The lowest BCUT2D eigenvalue weighted by Gasteiger charge is -2.15. The average molecular weight is 376 g/mol. The molecule has 0 fully saturated rings. The lowest BCUT2D eigenvalue weighted by molar-refractivity contribution is -0.123. The topological polar surface area (TPSA) is 98.5 Å². The van der Waals surface area contributed by atoms with Crippen molar-refractivity contribution in [3.8, 4) is 5.75 Å². The third kappa shape index (κ3) is 5.57. The summed E-state index contributed by atoms with van der Waals surface area (Å²) in [6, 6.07) is 12.0. The average Bonchev–Trinajstić information content (AvgIpc) is 2.57. The van der Waals surface area contributed by atoms with Crippen molar-refractivity contribution < 1.29 is 17.9 Å². The Balaban J connectivity index is 1.91. The van der Waals surface area contributed by atoms with Crippen LogP contribution in [-0.4, -0.2) is 20.9 Å². The van der Waals surface area contributed by atoms with E-state index < -0.39 is 10.0 Å². The fourth-order valence-corrected chi connectivity index (χ4v) is 2.95. The predicted molar refractivity (Wildman–Crippen MR) is 100 cm³/mol. The number of primary sulfonamides is 1. The Morgan fingerprint density at radius 2 is 1.81 bits per heavy atom. The molecular weight excluding hydrogens is 352 g/mol. The van der Waals surface area contributed by atoms with E-state index in [0.29, 0.717) is 11.7 Å². The number of hydrogen-bond acceptors (Lipinski definition) is 4. The molecule has 0 aliphatic carbocycles. The lowest BCUT2D eigenvalue weighted by Crippen LogP contribution is -2.28. The quantitative estimate of drug-likeness (QED) is 0.775. The van der Waals surface area contributed by atoms with E-state index in [1.807, 2.05) is 25.1 Å². The normalized spacial score (nSPS) is 11.4. The van der Waals surface area contributed by atoms with Crippen molar-refractivity contribution in [3.63, 3.8) is 0 Å². The molecule has 3 N–H and O–H groups in total. The Kier molecular flexibility index (Phi) is 6.39.